The van der Waals surface area contributed by atoms with Gasteiger partial charge in [0.25, 0.3) is 5.91 Å². The van der Waals surface area contributed by atoms with Crippen LogP contribution in [-0.4, -0.2) is 15.7 Å². The number of anilines is 1. The number of rotatable bonds is 2. The quantitative estimate of drug-likeness (QED) is 0.660. The van der Waals surface area contributed by atoms with Crippen molar-refractivity contribution in [2.75, 3.05) is 5.32 Å². The van der Waals surface area contributed by atoms with E-state index in [9.17, 15) is 4.79 Å². The first-order valence-corrected chi connectivity index (χ1v) is 9.67. The molecule has 0 fully saturated rings. The molecule has 0 unspecified atom stereocenters. The molecule has 1 aliphatic rings. The van der Waals surface area contributed by atoms with E-state index in [0.29, 0.717) is 16.5 Å². The second kappa shape index (κ2) is 6.49. The Morgan fingerprint density at radius 3 is 2.77 bits per heavy atom. The minimum absolute atomic E-state index is 0.184. The number of nitrogens with one attached hydrogen (secondary N) is 1. The van der Waals surface area contributed by atoms with Gasteiger partial charge in [-0.15, -0.1) is 11.8 Å². The minimum atomic E-state index is -0.184. The predicted octanol–water partition coefficient (Wildman–Crippen LogP) is 5.22. The summed E-state index contributed by atoms with van der Waals surface area (Å²) < 4.78 is 1.78. The number of carbonyl (C=O) groups excluding carboxylic acids is 1. The number of hydrogen-bond acceptors (Lipinski definition) is 3. The van der Waals surface area contributed by atoms with E-state index in [0.717, 1.165) is 33.0 Å². The van der Waals surface area contributed by atoms with Crippen molar-refractivity contribution in [1.82, 2.24) is 9.78 Å². The second-order valence-electron chi connectivity index (χ2n) is 6.48. The van der Waals surface area contributed by atoms with Gasteiger partial charge in [0.05, 0.1) is 5.69 Å². The van der Waals surface area contributed by atoms with E-state index in [1.165, 1.54) is 5.56 Å². The third-order valence-electron chi connectivity index (χ3n) is 4.69. The monoisotopic (exact) mass is 383 g/mol. The molecule has 6 heteroatoms. The van der Waals surface area contributed by atoms with Crippen LogP contribution in [-0.2, 0) is 12.8 Å². The summed E-state index contributed by atoms with van der Waals surface area (Å²) in [6.07, 6.45) is 0. The topological polar surface area (TPSA) is 46.9 Å². The Hall–Kier alpha value is -2.24. The maximum Gasteiger partial charge on any atom is 0.276 e. The molecule has 0 atom stereocenters. The number of benzene rings is 2. The molecule has 2 aromatic carbocycles. The van der Waals surface area contributed by atoms with Crippen LogP contribution in [0.4, 0.5) is 5.69 Å². The zero-order valence-corrected chi connectivity index (χ0v) is 16.3. The van der Waals surface area contributed by atoms with Crippen LogP contribution >= 0.6 is 23.4 Å². The van der Waals surface area contributed by atoms with Crippen molar-refractivity contribution in [2.45, 2.75) is 24.5 Å². The maximum absolute atomic E-state index is 12.9. The molecule has 0 saturated heterocycles. The fourth-order valence-corrected chi connectivity index (χ4v) is 4.42. The highest BCUT2D eigenvalue weighted by molar-refractivity contribution is 7.98. The van der Waals surface area contributed by atoms with Gasteiger partial charge in [0, 0.05) is 39.5 Å². The molecule has 0 saturated carbocycles. The van der Waals surface area contributed by atoms with Crippen molar-refractivity contribution in [2.24, 2.45) is 7.05 Å². The lowest BCUT2D eigenvalue weighted by molar-refractivity contribution is 0.102. The molecular formula is C20H18ClN3OS. The van der Waals surface area contributed by atoms with Crippen molar-refractivity contribution in [1.29, 1.82) is 0 Å². The van der Waals surface area contributed by atoms with Crippen molar-refractivity contribution >= 4 is 35.0 Å². The second-order valence-corrected chi connectivity index (χ2v) is 7.94. The molecule has 0 radical (unpaired) electrons. The lowest BCUT2D eigenvalue weighted by Crippen LogP contribution is -2.15. The zero-order chi connectivity index (χ0) is 18.4. The van der Waals surface area contributed by atoms with Gasteiger partial charge in [0.2, 0.25) is 0 Å². The number of carbonyl (C=O) groups is 1. The Balaban J connectivity index is 1.72. The Morgan fingerprint density at radius 2 is 2.00 bits per heavy atom. The van der Waals surface area contributed by atoms with Crippen LogP contribution in [0, 0.1) is 13.8 Å². The zero-order valence-electron chi connectivity index (χ0n) is 14.8. The van der Waals surface area contributed by atoms with Gasteiger partial charge in [0.15, 0.2) is 5.69 Å². The number of halogens is 1. The van der Waals surface area contributed by atoms with Crippen LogP contribution in [0.15, 0.2) is 41.3 Å². The maximum atomic E-state index is 12.9. The summed E-state index contributed by atoms with van der Waals surface area (Å²) in [5, 5.41) is 8.16. The van der Waals surface area contributed by atoms with Gasteiger partial charge < -0.3 is 5.32 Å². The van der Waals surface area contributed by atoms with Crippen LogP contribution in [0.5, 0.6) is 0 Å². The summed E-state index contributed by atoms with van der Waals surface area (Å²) in [6, 6.07) is 11.8. The number of aryl methyl sites for hydroxylation is 3. The van der Waals surface area contributed by atoms with Gasteiger partial charge in [-0.25, -0.2) is 0 Å². The molecule has 0 bridgehead atoms. The molecule has 4 nitrogen and oxygen atoms in total. The largest absolute Gasteiger partial charge is 0.321 e. The third kappa shape index (κ3) is 2.91. The van der Waals surface area contributed by atoms with Gasteiger partial charge in [-0.05, 0) is 55.3 Å². The van der Waals surface area contributed by atoms with Crippen molar-refractivity contribution < 1.29 is 4.79 Å². The van der Waals surface area contributed by atoms with Crippen molar-refractivity contribution in [3.8, 4) is 11.3 Å². The highest BCUT2D eigenvalue weighted by Crippen LogP contribution is 2.43. The number of thioether (sulfide) groups is 1. The molecule has 0 spiro atoms. The summed E-state index contributed by atoms with van der Waals surface area (Å²) in [7, 11) is 1.87. The lowest BCUT2D eigenvalue weighted by atomic mass is 10.1. The van der Waals surface area contributed by atoms with E-state index in [4.69, 9.17) is 11.6 Å². The fourth-order valence-electron chi connectivity index (χ4n) is 3.20. The van der Waals surface area contributed by atoms with Crippen LogP contribution in [0.2, 0.25) is 5.02 Å². The normalized spacial score (nSPS) is 12.5. The SMILES string of the molecule is Cc1ccc(NC(=O)c2nn(C)c3c2CSc2ccc(Cl)cc2-3)cc1C. The third-order valence-corrected chi connectivity index (χ3v) is 6.03. The summed E-state index contributed by atoms with van der Waals surface area (Å²) in [6.45, 7) is 4.08. The number of hydrogen-bond donors (Lipinski definition) is 1. The van der Waals surface area contributed by atoms with E-state index in [1.54, 1.807) is 16.4 Å². The molecule has 26 heavy (non-hydrogen) atoms. The van der Waals surface area contributed by atoms with E-state index in [-0.39, 0.29) is 5.91 Å². The smallest absolute Gasteiger partial charge is 0.276 e. The van der Waals surface area contributed by atoms with Crippen molar-refractivity contribution in [3.05, 3.63) is 63.8 Å². The number of aromatic nitrogens is 2. The van der Waals surface area contributed by atoms with E-state index in [2.05, 4.69) is 17.3 Å². The molecule has 0 aliphatic carbocycles. The molecular weight excluding hydrogens is 366 g/mol. The van der Waals surface area contributed by atoms with Gasteiger partial charge >= 0.3 is 0 Å². The molecule has 1 amide bonds. The van der Waals surface area contributed by atoms with Gasteiger partial charge in [-0.3, -0.25) is 9.48 Å². The first-order valence-electron chi connectivity index (χ1n) is 8.31. The average molecular weight is 384 g/mol. The predicted molar refractivity (Wildman–Crippen MR) is 107 cm³/mol. The summed E-state index contributed by atoms with van der Waals surface area (Å²) in [5.74, 6) is 0.532. The molecule has 3 aromatic rings. The summed E-state index contributed by atoms with van der Waals surface area (Å²) >= 11 is 7.89. The summed E-state index contributed by atoms with van der Waals surface area (Å²) in [5.41, 5.74) is 6.54. The highest BCUT2D eigenvalue weighted by Gasteiger charge is 2.28. The number of nitrogens with zero attached hydrogens (tertiary/aromatic N) is 2. The lowest BCUT2D eigenvalue weighted by Gasteiger charge is -2.17. The Morgan fingerprint density at radius 1 is 1.19 bits per heavy atom. The fraction of sp³-hybridized carbons (Fsp3) is 0.200. The Labute approximate surface area is 161 Å². The average Bonchev–Trinajstić information content (AvgIpc) is 2.95. The molecule has 2 heterocycles. The molecule has 4 rings (SSSR count). The highest BCUT2D eigenvalue weighted by atomic mass is 35.5. The minimum Gasteiger partial charge on any atom is -0.321 e. The van der Waals surface area contributed by atoms with E-state index >= 15 is 0 Å². The first kappa shape index (κ1) is 17.2. The van der Waals surface area contributed by atoms with Gasteiger partial charge in [-0.2, -0.15) is 5.10 Å². The number of fused-ring (bicyclic) bond motifs is 3. The molecule has 1 aliphatic heterocycles. The first-order chi connectivity index (χ1) is 12.4. The molecule has 132 valence electrons. The Bertz CT molecular complexity index is 1040. The van der Waals surface area contributed by atoms with Crippen LogP contribution in [0.1, 0.15) is 27.2 Å². The number of amides is 1. The van der Waals surface area contributed by atoms with E-state index < -0.39 is 0 Å². The van der Waals surface area contributed by atoms with Gasteiger partial charge in [-0.1, -0.05) is 17.7 Å². The van der Waals surface area contributed by atoms with Gasteiger partial charge in [0.1, 0.15) is 0 Å². The van der Waals surface area contributed by atoms with Crippen LogP contribution in [0.3, 0.4) is 0 Å². The van der Waals surface area contributed by atoms with E-state index in [1.807, 2.05) is 50.4 Å². The molecule has 1 N–H and O–H groups in total. The summed E-state index contributed by atoms with van der Waals surface area (Å²) in [4.78, 5) is 14.0. The van der Waals surface area contributed by atoms with Crippen LogP contribution < -0.4 is 5.32 Å². The Kier molecular flexibility index (Phi) is 4.29. The van der Waals surface area contributed by atoms with Crippen molar-refractivity contribution in [3.63, 3.8) is 0 Å². The molecule has 1 aromatic heterocycles. The van der Waals surface area contributed by atoms with Crippen LogP contribution in [0.25, 0.3) is 11.3 Å². The standard InChI is InChI=1S/C20H18ClN3OS/c1-11-4-6-14(8-12(11)2)22-20(25)18-16-10-26-17-7-5-13(21)9-15(17)19(16)24(3)23-18/h4-9H,10H2,1-3H3,(H,22,25).